The maximum absolute atomic E-state index is 11.5. The van der Waals surface area contributed by atoms with Crippen LogP contribution in [0.4, 0.5) is 0 Å². The molecule has 0 bridgehead atoms. The Kier molecular flexibility index (Phi) is 3.97. The molecule has 0 aromatic rings. The molecule has 2 heteroatoms. The van der Waals surface area contributed by atoms with Crippen molar-refractivity contribution in [2.45, 2.75) is 65.4 Å². The highest BCUT2D eigenvalue weighted by Gasteiger charge is 2.30. The Hall–Kier alpha value is -0.530. The molecule has 0 aliphatic heterocycles. The van der Waals surface area contributed by atoms with Crippen molar-refractivity contribution < 1.29 is 9.53 Å². The zero-order valence-electron chi connectivity index (χ0n) is 9.64. The van der Waals surface area contributed by atoms with Crippen molar-refractivity contribution >= 4 is 5.97 Å². The standard InChI is InChI=1S/C12H22O2/c1-10(2)14-11(13)9-12(3)7-5-4-6-8-12/h10H,4-9H2,1-3H3. The summed E-state index contributed by atoms with van der Waals surface area (Å²) in [7, 11) is 0. The Bertz CT molecular complexity index is 190. The molecule has 82 valence electrons. The summed E-state index contributed by atoms with van der Waals surface area (Å²) >= 11 is 0. The van der Waals surface area contributed by atoms with Crippen molar-refractivity contribution in [1.29, 1.82) is 0 Å². The predicted octanol–water partition coefficient (Wildman–Crippen LogP) is 3.30. The minimum atomic E-state index is -0.0237. The topological polar surface area (TPSA) is 26.3 Å². The molecule has 1 saturated carbocycles. The zero-order valence-corrected chi connectivity index (χ0v) is 9.64. The average Bonchev–Trinajstić information content (AvgIpc) is 2.02. The molecule has 0 N–H and O–H groups in total. The molecule has 1 fully saturated rings. The SMILES string of the molecule is CC(C)OC(=O)CC1(C)CCCCC1. The molecule has 2 nitrogen and oxygen atoms in total. The van der Waals surface area contributed by atoms with Crippen molar-refractivity contribution in [3.8, 4) is 0 Å². The summed E-state index contributed by atoms with van der Waals surface area (Å²) in [6.45, 7) is 6.02. The lowest BCUT2D eigenvalue weighted by molar-refractivity contribution is -0.150. The third kappa shape index (κ3) is 3.69. The fourth-order valence-electron chi connectivity index (χ4n) is 2.24. The van der Waals surface area contributed by atoms with E-state index in [2.05, 4.69) is 6.92 Å². The Morgan fingerprint density at radius 3 is 2.36 bits per heavy atom. The van der Waals surface area contributed by atoms with Gasteiger partial charge in [0.05, 0.1) is 12.5 Å². The highest BCUT2D eigenvalue weighted by atomic mass is 16.5. The van der Waals surface area contributed by atoms with E-state index >= 15 is 0 Å². The van der Waals surface area contributed by atoms with E-state index in [0.29, 0.717) is 6.42 Å². The zero-order chi connectivity index (χ0) is 10.6. The van der Waals surface area contributed by atoms with Gasteiger partial charge in [-0.1, -0.05) is 26.2 Å². The minimum absolute atomic E-state index is 0.0229. The molecule has 0 heterocycles. The van der Waals surface area contributed by atoms with E-state index in [1.165, 1.54) is 32.1 Å². The maximum Gasteiger partial charge on any atom is 0.306 e. The molecule has 0 aromatic carbocycles. The highest BCUT2D eigenvalue weighted by molar-refractivity contribution is 5.70. The molecular weight excluding hydrogens is 176 g/mol. The second-order valence-corrected chi connectivity index (χ2v) is 5.09. The van der Waals surface area contributed by atoms with Gasteiger partial charge in [-0.05, 0) is 32.1 Å². The molecule has 1 rings (SSSR count). The Labute approximate surface area is 87.0 Å². The van der Waals surface area contributed by atoms with Crippen LogP contribution in [0.25, 0.3) is 0 Å². The summed E-state index contributed by atoms with van der Waals surface area (Å²) in [6.07, 6.45) is 6.85. The summed E-state index contributed by atoms with van der Waals surface area (Å²) in [5, 5.41) is 0. The fourth-order valence-corrected chi connectivity index (χ4v) is 2.24. The van der Waals surface area contributed by atoms with Crippen LogP contribution in [-0.4, -0.2) is 12.1 Å². The van der Waals surface area contributed by atoms with Crippen LogP contribution in [-0.2, 0) is 9.53 Å². The summed E-state index contributed by atoms with van der Waals surface area (Å²) < 4.78 is 5.18. The van der Waals surface area contributed by atoms with Gasteiger partial charge in [-0.2, -0.15) is 0 Å². The van der Waals surface area contributed by atoms with E-state index in [1.807, 2.05) is 13.8 Å². The lowest BCUT2D eigenvalue weighted by Gasteiger charge is -2.32. The molecule has 1 aliphatic carbocycles. The van der Waals surface area contributed by atoms with Crippen molar-refractivity contribution in [1.82, 2.24) is 0 Å². The van der Waals surface area contributed by atoms with Crippen molar-refractivity contribution in [3.63, 3.8) is 0 Å². The number of ether oxygens (including phenoxy) is 1. The molecule has 0 atom stereocenters. The first-order valence-corrected chi connectivity index (χ1v) is 5.71. The summed E-state index contributed by atoms with van der Waals surface area (Å²) in [5.74, 6) is -0.0237. The molecular formula is C12H22O2. The highest BCUT2D eigenvalue weighted by Crippen LogP contribution is 2.38. The van der Waals surface area contributed by atoms with Crippen LogP contribution < -0.4 is 0 Å². The van der Waals surface area contributed by atoms with Gasteiger partial charge < -0.3 is 4.74 Å². The second kappa shape index (κ2) is 4.81. The van der Waals surface area contributed by atoms with Crippen LogP contribution in [0.2, 0.25) is 0 Å². The van der Waals surface area contributed by atoms with E-state index in [0.717, 1.165) is 0 Å². The normalized spacial score (nSPS) is 20.9. The van der Waals surface area contributed by atoms with Gasteiger partial charge >= 0.3 is 5.97 Å². The summed E-state index contributed by atoms with van der Waals surface area (Å²) in [6, 6.07) is 0. The smallest absolute Gasteiger partial charge is 0.306 e. The van der Waals surface area contributed by atoms with E-state index < -0.39 is 0 Å². The van der Waals surface area contributed by atoms with E-state index in [1.54, 1.807) is 0 Å². The number of rotatable bonds is 3. The number of hydrogen-bond donors (Lipinski definition) is 0. The first-order valence-electron chi connectivity index (χ1n) is 5.71. The van der Waals surface area contributed by atoms with Gasteiger partial charge in [-0.25, -0.2) is 0 Å². The summed E-state index contributed by atoms with van der Waals surface area (Å²) in [4.78, 5) is 11.5. The van der Waals surface area contributed by atoms with Gasteiger partial charge in [0.2, 0.25) is 0 Å². The largest absolute Gasteiger partial charge is 0.463 e. The van der Waals surface area contributed by atoms with Crippen molar-refractivity contribution in [2.24, 2.45) is 5.41 Å². The van der Waals surface area contributed by atoms with Gasteiger partial charge in [-0.15, -0.1) is 0 Å². The number of carbonyl (C=O) groups excluding carboxylic acids is 1. The fraction of sp³-hybridized carbons (Fsp3) is 0.917. The van der Waals surface area contributed by atoms with E-state index in [-0.39, 0.29) is 17.5 Å². The molecule has 14 heavy (non-hydrogen) atoms. The monoisotopic (exact) mass is 198 g/mol. The number of carbonyl (C=O) groups is 1. The van der Waals surface area contributed by atoms with Crippen LogP contribution in [0, 0.1) is 5.41 Å². The van der Waals surface area contributed by atoms with Crippen LogP contribution >= 0.6 is 0 Å². The average molecular weight is 198 g/mol. The number of esters is 1. The van der Waals surface area contributed by atoms with Crippen LogP contribution in [0.3, 0.4) is 0 Å². The van der Waals surface area contributed by atoms with Gasteiger partial charge in [0.1, 0.15) is 0 Å². The van der Waals surface area contributed by atoms with Gasteiger partial charge in [-0.3, -0.25) is 4.79 Å². The Morgan fingerprint density at radius 2 is 1.86 bits per heavy atom. The lowest BCUT2D eigenvalue weighted by atomic mass is 9.73. The van der Waals surface area contributed by atoms with Crippen LogP contribution in [0.15, 0.2) is 0 Å². The van der Waals surface area contributed by atoms with Gasteiger partial charge in [0, 0.05) is 0 Å². The van der Waals surface area contributed by atoms with Gasteiger partial charge in [0.15, 0.2) is 0 Å². The quantitative estimate of drug-likeness (QED) is 0.650. The molecule has 0 spiro atoms. The molecule has 0 radical (unpaired) electrons. The minimum Gasteiger partial charge on any atom is -0.463 e. The van der Waals surface area contributed by atoms with E-state index in [9.17, 15) is 4.79 Å². The maximum atomic E-state index is 11.5. The summed E-state index contributed by atoms with van der Waals surface area (Å²) in [5.41, 5.74) is 0.213. The first-order chi connectivity index (χ1) is 6.52. The third-order valence-corrected chi connectivity index (χ3v) is 3.00. The van der Waals surface area contributed by atoms with Gasteiger partial charge in [0.25, 0.3) is 0 Å². The molecule has 0 amide bonds. The Morgan fingerprint density at radius 1 is 1.29 bits per heavy atom. The first kappa shape index (κ1) is 11.5. The molecule has 1 aliphatic rings. The Balaban J connectivity index is 2.37. The number of hydrogen-bond acceptors (Lipinski definition) is 2. The molecule has 0 aromatic heterocycles. The predicted molar refractivity (Wildman–Crippen MR) is 57.0 cm³/mol. The van der Waals surface area contributed by atoms with E-state index in [4.69, 9.17) is 4.74 Å². The van der Waals surface area contributed by atoms with Crippen molar-refractivity contribution in [2.75, 3.05) is 0 Å². The lowest BCUT2D eigenvalue weighted by Crippen LogP contribution is -2.26. The third-order valence-electron chi connectivity index (χ3n) is 3.00. The molecule has 0 saturated heterocycles. The van der Waals surface area contributed by atoms with Crippen LogP contribution in [0.1, 0.15) is 59.3 Å². The molecule has 0 unspecified atom stereocenters. The van der Waals surface area contributed by atoms with Crippen molar-refractivity contribution in [3.05, 3.63) is 0 Å². The van der Waals surface area contributed by atoms with Crippen LogP contribution in [0.5, 0.6) is 0 Å². The second-order valence-electron chi connectivity index (χ2n) is 5.09.